The monoisotopic (exact) mass is 332 g/mol. The molecule has 2 aromatic rings. The molecule has 1 saturated heterocycles. The van der Waals surface area contributed by atoms with Crippen LogP contribution in [0.25, 0.3) is 11.1 Å². The number of benzene rings is 2. The molecule has 23 heavy (non-hydrogen) atoms. The van der Waals surface area contributed by atoms with Gasteiger partial charge in [-0.05, 0) is 29.7 Å². The molecule has 1 unspecified atom stereocenters. The van der Waals surface area contributed by atoms with E-state index in [1.165, 1.54) is 6.07 Å². The van der Waals surface area contributed by atoms with E-state index in [0.717, 1.165) is 15.4 Å². The van der Waals surface area contributed by atoms with Gasteiger partial charge in [0.15, 0.2) is 0 Å². The van der Waals surface area contributed by atoms with Crippen LogP contribution in [0, 0.1) is 6.92 Å². The lowest BCUT2D eigenvalue weighted by Crippen LogP contribution is -2.30. The third-order valence-electron chi connectivity index (χ3n) is 3.86. The summed E-state index contributed by atoms with van der Waals surface area (Å²) in [5, 5.41) is 10.2. The molecular formula is C16H16N2O4S. The Labute approximate surface area is 134 Å². The van der Waals surface area contributed by atoms with E-state index < -0.39 is 16.3 Å². The zero-order valence-corrected chi connectivity index (χ0v) is 13.2. The number of aldehydes is 1. The minimum absolute atomic E-state index is 0.0432. The van der Waals surface area contributed by atoms with Crippen LogP contribution in [0.1, 0.15) is 5.56 Å². The van der Waals surface area contributed by atoms with Gasteiger partial charge in [-0.15, -0.1) is 0 Å². The number of hydrogen-bond donors (Lipinski definition) is 2. The molecule has 0 aliphatic carbocycles. The molecule has 7 heteroatoms. The summed E-state index contributed by atoms with van der Waals surface area (Å²) in [5.74, 6) is -0.140. The molecule has 120 valence electrons. The maximum Gasteiger partial charge on any atom is 0.302 e. The summed E-state index contributed by atoms with van der Waals surface area (Å²) in [6.45, 7) is 1.71. The molecule has 2 N–H and O–H groups in total. The fourth-order valence-corrected chi connectivity index (χ4v) is 4.25. The van der Waals surface area contributed by atoms with Crippen LogP contribution in [0.5, 0.6) is 5.75 Å². The molecule has 0 bridgehead atoms. The lowest BCUT2D eigenvalue weighted by Gasteiger charge is -2.21. The van der Waals surface area contributed by atoms with E-state index in [4.69, 9.17) is 0 Å². The van der Waals surface area contributed by atoms with Crippen LogP contribution in [-0.2, 0) is 15.0 Å². The predicted octanol–water partition coefficient (Wildman–Crippen LogP) is 1.59. The quantitative estimate of drug-likeness (QED) is 0.836. The Kier molecular flexibility index (Phi) is 3.83. The van der Waals surface area contributed by atoms with E-state index in [1.54, 1.807) is 13.0 Å². The van der Waals surface area contributed by atoms with E-state index in [9.17, 15) is 18.3 Å². The Bertz CT molecular complexity index is 850. The molecule has 1 atom stereocenters. The summed E-state index contributed by atoms with van der Waals surface area (Å²) in [7, 11) is -3.85. The molecule has 1 fully saturated rings. The van der Waals surface area contributed by atoms with Crippen molar-refractivity contribution in [3.05, 3.63) is 48.0 Å². The second-order valence-corrected chi connectivity index (χ2v) is 7.00. The fraction of sp³-hybridized carbons (Fsp3) is 0.188. The predicted molar refractivity (Wildman–Crippen MR) is 87.5 cm³/mol. The highest BCUT2D eigenvalue weighted by Gasteiger charge is 2.37. The molecule has 1 aliphatic heterocycles. The van der Waals surface area contributed by atoms with Gasteiger partial charge in [0.2, 0.25) is 0 Å². The van der Waals surface area contributed by atoms with Gasteiger partial charge in [-0.25, -0.2) is 0 Å². The van der Waals surface area contributed by atoms with E-state index in [1.807, 2.05) is 30.3 Å². The molecule has 0 spiro atoms. The lowest BCUT2D eigenvalue weighted by molar-refractivity contribution is -0.108. The Balaban J connectivity index is 2.15. The third kappa shape index (κ3) is 2.69. The Morgan fingerprint density at radius 2 is 1.91 bits per heavy atom. The number of rotatable bonds is 3. The van der Waals surface area contributed by atoms with Crippen LogP contribution in [0.4, 0.5) is 5.69 Å². The molecule has 0 aromatic heterocycles. The van der Waals surface area contributed by atoms with Gasteiger partial charge in [-0.3, -0.25) is 4.31 Å². The Morgan fingerprint density at radius 1 is 1.22 bits per heavy atom. The molecule has 0 amide bonds. The van der Waals surface area contributed by atoms with Crippen molar-refractivity contribution in [3.8, 4) is 16.9 Å². The van der Waals surface area contributed by atoms with Crippen molar-refractivity contribution in [3.63, 3.8) is 0 Å². The summed E-state index contributed by atoms with van der Waals surface area (Å²) in [6, 6.07) is 11.9. The van der Waals surface area contributed by atoms with Crippen molar-refractivity contribution in [2.75, 3.05) is 10.8 Å². The topological polar surface area (TPSA) is 86.7 Å². The molecular weight excluding hydrogens is 316 g/mol. The largest absolute Gasteiger partial charge is 0.506 e. The van der Waals surface area contributed by atoms with Gasteiger partial charge in [0.05, 0.1) is 18.3 Å². The normalized spacial score (nSPS) is 19.7. The van der Waals surface area contributed by atoms with Crippen LogP contribution in [0.15, 0.2) is 42.5 Å². The number of carbonyl (C=O) groups is 1. The van der Waals surface area contributed by atoms with Crippen molar-refractivity contribution in [2.45, 2.75) is 13.0 Å². The Morgan fingerprint density at radius 3 is 2.52 bits per heavy atom. The molecule has 1 heterocycles. The van der Waals surface area contributed by atoms with Crippen molar-refractivity contribution >= 4 is 22.2 Å². The number of anilines is 1. The number of hydrogen-bond acceptors (Lipinski definition) is 4. The first kappa shape index (κ1) is 15.5. The number of phenols is 1. The average Bonchev–Trinajstić information content (AvgIpc) is 2.83. The first-order chi connectivity index (χ1) is 10.9. The average molecular weight is 332 g/mol. The fourth-order valence-electron chi connectivity index (χ4n) is 2.78. The molecule has 6 nitrogen and oxygen atoms in total. The smallest absolute Gasteiger partial charge is 0.302 e. The van der Waals surface area contributed by atoms with Crippen molar-refractivity contribution in [2.24, 2.45) is 0 Å². The molecule has 2 aromatic carbocycles. The van der Waals surface area contributed by atoms with Crippen LogP contribution in [0.3, 0.4) is 0 Å². The van der Waals surface area contributed by atoms with Gasteiger partial charge in [0.25, 0.3) is 0 Å². The van der Waals surface area contributed by atoms with Crippen molar-refractivity contribution in [1.29, 1.82) is 0 Å². The molecule has 3 rings (SSSR count). The Hall–Kier alpha value is -2.38. The number of nitrogens with zero attached hydrogens (tertiary/aromatic N) is 1. The van der Waals surface area contributed by atoms with E-state index in [0.29, 0.717) is 11.8 Å². The standard InChI is InChI=1S/C16H16N2O4S/c1-11-14(12-5-3-2-4-6-12)7-8-15(20)16(11)18-9-13(10-19)17-23(18,21)22/h2-8,10,13,17,20H,9H2,1H3. The van der Waals surface area contributed by atoms with E-state index in [2.05, 4.69) is 4.72 Å². The van der Waals surface area contributed by atoms with Crippen LogP contribution < -0.4 is 9.03 Å². The van der Waals surface area contributed by atoms with E-state index in [-0.39, 0.29) is 18.0 Å². The van der Waals surface area contributed by atoms with Crippen LogP contribution >= 0.6 is 0 Å². The summed E-state index contributed by atoms with van der Waals surface area (Å²) in [6.07, 6.45) is 0.547. The number of nitrogens with one attached hydrogen (secondary N) is 1. The van der Waals surface area contributed by atoms with Gasteiger partial charge in [-0.1, -0.05) is 36.4 Å². The second-order valence-electron chi connectivity index (χ2n) is 5.37. The summed E-state index contributed by atoms with van der Waals surface area (Å²) >= 11 is 0. The number of aromatic hydroxyl groups is 1. The van der Waals surface area contributed by atoms with Gasteiger partial charge >= 0.3 is 10.2 Å². The van der Waals surface area contributed by atoms with Crippen LogP contribution in [-0.4, -0.2) is 32.4 Å². The zero-order valence-electron chi connectivity index (χ0n) is 12.4. The number of carbonyl (C=O) groups excluding carboxylic acids is 1. The first-order valence-corrected chi connectivity index (χ1v) is 8.51. The van der Waals surface area contributed by atoms with Gasteiger partial charge in [0.1, 0.15) is 12.0 Å². The lowest BCUT2D eigenvalue weighted by atomic mass is 9.98. The SMILES string of the molecule is Cc1c(-c2ccccc2)ccc(O)c1N1CC(C=O)NS1(=O)=O. The second kappa shape index (κ2) is 5.68. The minimum atomic E-state index is -3.85. The number of phenolic OH excluding ortho intramolecular Hbond substituents is 1. The highest BCUT2D eigenvalue weighted by Crippen LogP contribution is 2.39. The highest BCUT2D eigenvalue weighted by molar-refractivity contribution is 7.91. The molecule has 0 radical (unpaired) electrons. The minimum Gasteiger partial charge on any atom is -0.506 e. The maximum atomic E-state index is 12.2. The third-order valence-corrected chi connectivity index (χ3v) is 5.37. The molecule has 0 saturated carbocycles. The summed E-state index contributed by atoms with van der Waals surface area (Å²) < 4.78 is 27.8. The van der Waals surface area contributed by atoms with Gasteiger partial charge in [-0.2, -0.15) is 13.1 Å². The maximum absolute atomic E-state index is 12.2. The first-order valence-electron chi connectivity index (χ1n) is 7.07. The van der Waals surface area contributed by atoms with Crippen molar-refractivity contribution < 1.29 is 18.3 Å². The van der Waals surface area contributed by atoms with E-state index >= 15 is 0 Å². The highest BCUT2D eigenvalue weighted by atomic mass is 32.2. The zero-order chi connectivity index (χ0) is 16.6. The van der Waals surface area contributed by atoms with Crippen molar-refractivity contribution in [1.82, 2.24) is 4.72 Å². The summed E-state index contributed by atoms with van der Waals surface area (Å²) in [4.78, 5) is 10.9. The summed E-state index contributed by atoms with van der Waals surface area (Å²) in [5.41, 5.74) is 2.57. The van der Waals surface area contributed by atoms with Gasteiger partial charge in [0, 0.05) is 0 Å². The van der Waals surface area contributed by atoms with Gasteiger partial charge < -0.3 is 9.90 Å². The molecule has 1 aliphatic rings. The van der Waals surface area contributed by atoms with Crippen LogP contribution in [0.2, 0.25) is 0 Å².